The lowest BCUT2D eigenvalue weighted by atomic mass is 10.1. The average molecular weight is 276 g/mol. The van der Waals surface area contributed by atoms with E-state index < -0.39 is 5.97 Å². The van der Waals surface area contributed by atoms with Crippen molar-refractivity contribution in [2.24, 2.45) is 0 Å². The molecule has 0 saturated carbocycles. The van der Waals surface area contributed by atoms with E-state index >= 15 is 0 Å². The molecule has 1 saturated heterocycles. The summed E-state index contributed by atoms with van der Waals surface area (Å²) < 4.78 is 11.6. The summed E-state index contributed by atoms with van der Waals surface area (Å²) in [6.07, 6.45) is 4.89. The van der Waals surface area contributed by atoms with Crippen LogP contribution in [0.3, 0.4) is 0 Å². The Morgan fingerprint density at radius 2 is 2.15 bits per heavy atom. The van der Waals surface area contributed by atoms with Crippen LogP contribution in [0.1, 0.15) is 32.3 Å². The molecule has 1 fully saturated rings. The van der Waals surface area contributed by atoms with Crippen LogP contribution in [-0.2, 0) is 9.53 Å². The van der Waals surface area contributed by atoms with Gasteiger partial charge in [0.25, 0.3) is 0 Å². The highest BCUT2D eigenvalue weighted by Gasteiger charge is 2.31. The van der Waals surface area contributed by atoms with Gasteiger partial charge in [-0.3, -0.25) is 0 Å². The van der Waals surface area contributed by atoms with E-state index in [1.165, 1.54) is 0 Å². The number of carboxylic acid groups (broad SMARTS) is 1. The van der Waals surface area contributed by atoms with Crippen molar-refractivity contribution < 1.29 is 19.4 Å². The van der Waals surface area contributed by atoms with E-state index in [0.29, 0.717) is 6.61 Å². The summed E-state index contributed by atoms with van der Waals surface area (Å²) in [5, 5.41) is 8.55. The predicted molar refractivity (Wildman–Crippen MR) is 76.8 cm³/mol. The Labute approximate surface area is 119 Å². The van der Waals surface area contributed by atoms with E-state index in [9.17, 15) is 4.79 Å². The number of carbonyl (C=O) groups is 1. The van der Waals surface area contributed by atoms with Gasteiger partial charge in [0, 0.05) is 6.08 Å². The molecule has 0 aromatic heterocycles. The van der Waals surface area contributed by atoms with Gasteiger partial charge in [0.15, 0.2) is 0 Å². The smallest absolute Gasteiger partial charge is 0.328 e. The molecule has 4 heteroatoms. The standard InChI is InChI=1S/C16H20O4/c1-16(2)10-9-14(20-16)11-19-13-6-3-12(4-7-13)5-8-15(17)18/h3-8,14H,9-11H2,1-2H3,(H,17,18)/b8-5+. The molecule has 4 nitrogen and oxygen atoms in total. The molecule has 1 heterocycles. The maximum Gasteiger partial charge on any atom is 0.328 e. The van der Waals surface area contributed by atoms with Gasteiger partial charge in [0.05, 0.1) is 11.7 Å². The second kappa shape index (κ2) is 6.09. The van der Waals surface area contributed by atoms with Gasteiger partial charge in [0.1, 0.15) is 12.4 Å². The summed E-state index contributed by atoms with van der Waals surface area (Å²) in [5.41, 5.74) is 0.789. The van der Waals surface area contributed by atoms with Crippen molar-refractivity contribution in [1.29, 1.82) is 0 Å². The van der Waals surface area contributed by atoms with Crippen LogP contribution in [0.2, 0.25) is 0 Å². The summed E-state index contributed by atoms with van der Waals surface area (Å²) in [6, 6.07) is 7.33. The number of benzene rings is 1. The Morgan fingerprint density at radius 1 is 1.45 bits per heavy atom. The lowest BCUT2D eigenvalue weighted by molar-refractivity contribution is -0.131. The summed E-state index contributed by atoms with van der Waals surface area (Å²) in [5.74, 6) is -0.183. The van der Waals surface area contributed by atoms with Crippen molar-refractivity contribution in [3.8, 4) is 5.75 Å². The first-order valence-corrected chi connectivity index (χ1v) is 6.76. The van der Waals surface area contributed by atoms with Crippen LogP contribution >= 0.6 is 0 Å². The van der Waals surface area contributed by atoms with E-state index in [4.69, 9.17) is 14.6 Å². The quantitative estimate of drug-likeness (QED) is 0.839. The zero-order valence-electron chi connectivity index (χ0n) is 11.8. The van der Waals surface area contributed by atoms with Crippen molar-refractivity contribution in [2.45, 2.75) is 38.4 Å². The lowest BCUT2D eigenvalue weighted by Gasteiger charge is -2.19. The highest BCUT2D eigenvalue weighted by molar-refractivity contribution is 5.85. The molecule has 1 unspecified atom stereocenters. The van der Waals surface area contributed by atoms with E-state index in [0.717, 1.165) is 30.2 Å². The number of rotatable bonds is 5. The van der Waals surface area contributed by atoms with Gasteiger partial charge >= 0.3 is 5.97 Å². The van der Waals surface area contributed by atoms with Crippen LogP contribution < -0.4 is 4.74 Å². The molecule has 2 rings (SSSR count). The van der Waals surface area contributed by atoms with Gasteiger partial charge in [-0.25, -0.2) is 4.79 Å². The maximum atomic E-state index is 10.4. The Hall–Kier alpha value is -1.81. The number of hydrogen-bond donors (Lipinski definition) is 1. The monoisotopic (exact) mass is 276 g/mol. The lowest BCUT2D eigenvalue weighted by Crippen LogP contribution is -2.23. The molecule has 0 aliphatic carbocycles. The number of carboxylic acids is 1. The molecule has 108 valence electrons. The highest BCUT2D eigenvalue weighted by Crippen LogP contribution is 2.29. The highest BCUT2D eigenvalue weighted by atomic mass is 16.6. The largest absolute Gasteiger partial charge is 0.491 e. The third kappa shape index (κ3) is 4.38. The molecule has 1 atom stereocenters. The molecular weight excluding hydrogens is 256 g/mol. The minimum absolute atomic E-state index is 0.0422. The van der Waals surface area contributed by atoms with E-state index in [2.05, 4.69) is 13.8 Å². The van der Waals surface area contributed by atoms with Crippen LogP contribution in [0.4, 0.5) is 0 Å². The van der Waals surface area contributed by atoms with E-state index in [1.54, 1.807) is 6.08 Å². The molecule has 0 bridgehead atoms. The average Bonchev–Trinajstić information content (AvgIpc) is 2.75. The molecule has 0 amide bonds. The van der Waals surface area contributed by atoms with Gasteiger partial charge in [0.2, 0.25) is 0 Å². The van der Waals surface area contributed by atoms with Gasteiger partial charge in [-0.15, -0.1) is 0 Å². The predicted octanol–water partition coefficient (Wildman–Crippen LogP) is 3.12. The summed E-state index contributed by atoms with van der Waals surface area (Å²) >= 11 is 0. The summed E-state index contributed by atoms with van der Waals surface area (Å²) in [4.78, 5) is 10.4. The van der Waals surface area contributed by atoms with Crippen molar-refractivity contribution in [1.82, 2.24) is 0 Å². The minimum atomic E-state index is -0.952. The maximum absolute atomic E-state index is 10.4. The number of aliphatic carboxylic acids is 1. The Morgan fingerprint density at radius 3 is 2.70 bits per heavy atom. The van der Waals surface area contributed by atoms with Crippen LogP contribution in [-0.4, -0.2) is 29.4 Å². The SMILES string of the molecule is CC1(C)CCC(COc2ccc(/C=C/C(=O)O)cc2)O1. The first kappa shape index (κ1) is 14.6. The fourth-order valence-corrected chi connectivity index (χ4v) is 2.23. The third-order valence-corrected chi connectivity index (χ3v) is 3.29. The van der Waals surface area contributed by atoms with Crippen LogP contribution in [0.25, 0.3) is 6.08 Å². The van der Waals surface area contributed by atoms with Crippen molar-refractivity contribution >= 4 is 12.0 Å². The van der Waals surface area contributed by atoms with E-state index in [-0.39, 0.29) is 11.7 Å². The fourth-order valence-electron chi connectivity index (χ4n) is 2.23. The zero-order valence-corrected chi connectivity index (χ0v) is 11.8. The van der Waals surface area contributed by atoms with Gasteiger partial charge in [-0.2, -0.15) is 0 Å². The molecule has 20 heavy (non-hydrogen) atoms. The van der Waals surface area contributed by atoms with Crippen LogP contribution in [0.15, 0.2) is 30.3 Å². The molecule has 1 N–H and O–H groups in total. The van der Waals surface area contributed by atoms with Crippen molar-refractivity contribution in [3.63, 3.8) is 0 Å². The molecule has 1 aromatic carbocycles. The summed E-state index contributed by atoms with van der Waals surface area (Å²) in [6.45, 7) is 4.74. The Kier molecular flexibility index (Phi) is 4.45. The molecule has 1 aliphatic heterocycles. The fraction of sp³-hybridized carbons (Fsp3) is 0.438. The van der Waals surface area contributed by atoms with Crippen LogP contribution in [0, 0.1) is 0 Å². The zero-order chi connectivity index (χ0) is 14.6. The first-order chi connectivity index (χ1) is 9.44. The molecular formula is C16H20O4. The van der Waals surface area contributed by atoms with E-state index in [1.807, 2.05) is 24.3 Å². The molecule has 0 spiro atoms. The second-order valence-corrected chi connectivity index (χ2v) is 5.59. The van der Waals surface area contributed by atoms with Crippen LogP contribution in [0.5, 0.6) is 5.75 Å². The van der Waals surface area contributed by atoms with Gasteiger partial charge in [-0.05, 0) is 50.5 Å². The van der Waals surface area contributed by atoms with Crippen molar-refractivity contribution in [2.75, 3.05) is 6.61 Å². The number of hydrogen-bond acceptors (Lipinski definition) is 3. The normalized spacial score (nSPS) is 21.2. The topological polar surface area (TPSA) is 55.8 Å². The second-order valence-electron chi connectivity index (χ2n) is 5.59. The Balaban J connectivity index is 1.84. The minimum Gasteiger partial charge on any atom is -0.491 e. The molecule has 1 aliphatic rings. The first-order valence-electron chi connectivity index (χ1n) is 6.76. The van der Waals surface area contributed by atoms with Gasteiger partial charge in [-0.1, -0.05) is 12.1 Å². The Bertz CT molecular complexity index is 488. The molecule has 0 radical (unpaired) electrons. The summed E-state index contributed by atoms with van der Waals surface area (Å²) in [7, 11) is 0. The van der Waals surface area contributed by atoms with Crippen molar-refractivity contribution in [3.05, 3.63) is 35.9 Å². The number of ether oxygens (including phenoxy) is 2. The van der Waals surface area contributed by atoms with Gasteiger partial charge < -0.3 is 14.6 Å². The third-order valence-electron chi connectivity index (χ3n) is 3.29. The molecule has 1 aromatic rings.